The van der Waals surface area contributed by atoms with Crippen LogP contribution in [-0.4, -0.2) is 36.8 Å². The Labute approximate surface area is 139 Å². The third-order valence-electron chi connectivity index (χ3n) is 3.82. The van der Waals surface area contributed by atoms with E-state index in [1.54, 1.807) is 6.92 Å². The van der Waals surface area contributed by atoms with Gasteiger partial charge in [0.15, 0.2) is 5.78 Å². The van der Waals surface area contributed by atoms with E-state index in [0.717, 1.165) is 12.0 Å². The van der Waals surface area contributed by atoms with Crippen LogP contribution < -0.4 is 0 Å². The van der Waals surface area contributed by atoms with Gasteiger partial charge in [0, 0.05) is 6.42 Å². The molecule has 2 unspecified atom stereocenters. The molecule has 4 nitrogen and oxygen atoms in total. The zero-order valence-electron chi connectivity index (χ0n) is 14.9. The topological polar surface area (TPSA) is 46.6 Å². The highest BCUT2D eigenvalue weighted by molar-refractivity contribution is 5.88. The number of ether oxygens (including phenoxy) is 1. The number of Topliss-reactive ketones (excluding diaryl/α,β-unsaturated/α-hetero) is 1. The standard InChI is InChI=1S/C19H29NO3/c1-14(2)11-17(20(4)5)18(21)12-15(3)19(22)23-13-16-9-7-6-8-10-16/h6-10,14-15,17H,11-13H2,1-5H3. The van der Waals surface area contributed by atoms with Gasteiger partial charge in [-0.05, 0) is 32.0 Å². The number of hydrogen-bond donors (Lipinski definition) is 0. The zero-order chi connectivity index (χ0) is 17.4. The monoisotopic (exact) mass is 319 g/mol. The molecule has 0 aliphatic heterocycles. The summed E-state index contributed by atoms with van der Waals surface area (Å²) in [4.78, 5) is 26.5. The van der Waals surface area contributed by atoms with Crippen LogP contribution in [0.2, 0.25) is 0 Å². The van der Waals surface area contributed by atoms with Crippen LogP contribution in [0.3, 0.4) is 0 Å². The highest BCUT2D eigenvalue weighted by Crippen LogP contribution is 2.16. The smallest absolute Gasteiger partial charge is 0.309 e. The number of rotatable bonds is 9. The van der Waals surface area contributed by atoms with E-state index in [0.29, 0.717) is 5.92 Å². The maximum absolute atomic E-state index is 12.5. The average molecular weight is 319 g/mol. The first-order valence-corrected chi connectivity index (χ1v) is 8.21. The summed E-state index contributed by atoms with van der Waals surface area (Å²) in [5.41, 5.74) is 0.949. The maximum atomic E-state index is 12.5. The molecule has 0 bridgehead atoms. The van der Waals surface area contributed by atoms with E-state index in [1.807, 2.05) is 49.3 Å². The summed E-state index contributed by atoms with van der Waals surface area (Å²) in [6.07, 6.45) is 1.03. The molecule has 128 valence electrons. The Morgan fingerprint density at radius 2 is 1.70 bits per heavy atom. The zero-order valence-corrected chi connectivity index (χ0v) is 14.9. The van der Waals surface area contributed by atoms with Gasteiger partial charge in [-0.1, -0.05) is 51.1 Å². The van der Waals surface area contributed by atoms with Crippen molar-refractivity contribution in [1.82, 2.24) is 4.90 Å². The number of carbonyl (C=O) groups excluding carboxylic acids is 2. The van der Waals surface area contributed by atoms with E-state index < -0.39 is 5.92 Å². The average Bonchev–Trinajstić information content (AvgIpc) is 2.50. The van der Waals surface area contributed by atoms with E-state index in [-0.39, 0.29) is 30.8 Å². The van der Waals surface area contributed by atoms with Crippen molar-refractivity contribution in [1.29, 1.82) is 0 Å². The summed E-state index contributed by atoms with van der Waals surface area (Å²) in [6, 6.07) is 9.41. The van der Waals surface area contributed by atoms with Crippen LogP contribution in [0.5, 0.6) is 0 Å². The van der Waals surface area contributed by atoms with Gasteiger partial charge in [-0.25, -0.2) is 0 Å². The van der Waals surface area contributed by atoms with Gasteiger partial charge in [-0.2, -0.15) is 0 Å². The third-order valence-corrected chi connectivity index (χ3v) is 3.82. The number of ketones is 1. The summed E-state index contributed by atoms with van der Waals surface area (Å²) < 4.78 is 5.31. The molecule has 0 spiro atoms. The van der Waals surface area contributed by atoms with Crippen molar-refractivity contribution < 1.29 is 14.3 Å². The lowest BCUT2D eigenvalue weighted by atomic mass is 9.93. The van der Waals surface area contributed by atoms with E-state index >= 15 is 0 Å². The molecule has 0 fully saturated rings. The molecule has 0 N–H and O–H groups in total. The molecule has 23 heavy (non-hydrogen) atoms. The first kappa shape index (κ1) is 19.4. The molecule has 1 aromatic rings. The normalized spacial score (nSPS) is 13.9. The van der Waals surface area contributed by atoms with Crippen LogP contribution in [0, 0.1) is 11.8 Å². The second-order valence-electron chi connectivity index (χ2n) is 6.77. The maximum Gasteiger partial charge on any atom is 0.309 e. The number of nitrogens with zero attached hydrogens (tertiary/aromatic N) is 1. The van der Waals surface area contributed by atoms with Crippen molar-refractivity contribution in [3.63, 3.8) is 0 Å². The summed E-state index contributed by atoms with van der Waals surface area (Å²) >= 11 is 0. The molecule has 0 aliphatic rings. The fourth-order valence-corrected chi connectivity index (χ4v) is 2.47. The van der Waals surface area contributed by atoms with Crippen LogP contribution in [0.1, 0.15) is 39.2 Å². The molecular weight excluding hydrogens is 290 g/mol. The van der Waals surface area contributed by atoms with Crippen LogP contribution in [0.25, 0.3) is 0 Å². The van der Waals surface area contributed by atoms with Crippen molar-refractivity contribution in [3.8, 4) is 0 Å². The number of hydrogen-bond acceptors (Lipinski definition) is 4. The Balaban J connectivity index is 2.51. The second-order valence-corrected chi connectivity index (χ2v) is 6.77. The Morgan fingerprint density at radius 1 is 1.09 bits per heavy atom. The SMILES string of the molecule is CC(C)CC(C(=O)CC(C)C(=O)OCc1ccccc1)N(C)C. The molecule has 0 saturated carbocycles. The number of likely N-dealkylation sites (N-methyl/N-ethyl adjacent to an activating group) is 1. The van der Waals surface area contributed by atoms with Crippen LogP contribution in [-0.2, 0) is 20.9 Å². The third kappa shape index (κ3) is 6.95. The molecule has 0 saturated heterocycles. The summed E-state index contributed by atoms with van der Waals surface area (Å²) in [5, 5.41) is 0. The quantitative estimate of drug-likeness (QED) is 0.655. The minimum Gasteiger partial charge on any atom is -0.461 e. The fourth-order valence-electron chi connectivity index (χ4n) is 2.47. The second kappa shape index (κ2) is 9.46. The highest BCUT2D eigenvalue weighted by atomic mass is 16.5. The molecule has 1 rings (SSSR count). The van der Waals surface area contributed by atoms with Crippen molar-refractivity contribution in [2.24, 2.45) is 11.8 Å². The lowest BCUT2D eigenvalue weighted by Gasteiger charge is -2.25. The summed E-state index contributed by atoms with van der Waals surface area (Å²) in [7, 11) is 3.81. The van der Waals surface area contributed by atoms with Gasteiger partial charge in [0.25, 0.3) is 0 Å². The largest absolute Gasteiger partial charge is 0.461 e. The Morgan fingerprint density at radius 3 is 2.22 bits per heavy atom. The van der Waals surface area contributed by atoms with E-state index in [9.17, 15) is 9.59 Å². The molecule has 4 heteroatoms. The number of esters is 1. The van der Waals surface area contributed by atoms with Gasteiger partial charge in [0.05, 0.1) is 12.0 Å². The molecule has 1 aromatic carbocycles. The first-order chi connectivity index (χ1) is 10.8. The van der Waals surface area contributed by atoms with Crippen LogP contribution in [0.4, 0.5) is 0 Å². The lowest BCUT2D eigenvalue weighted by molar-refractivity contribution is -0.151. The van der Waals surface area contributed by atoms with E-state index in [2.05, 4.69) is 13.8 Å². The predicted molar refractivity (Wildman–Crippen MR) is 92.0 cm³/mol. The van der Waals surface area contributed by atoms with E-state index in [1.165, 1.54) is 0 Å². The van der Waals surface area contributed by atoms with Gasteiger partial charge in [-0.3, -0.25) is 14.5 Å². The molecule has 0 heterocycles. The number of carbonyl (C=O) groups is 2. The van der Waals surface area contributed by atoms with Gasteiger partial charge in [0.1, 0.15) is 6.61 Å². The number of benzene rings is 1. The van der Waals surface area contributed by atoms with Crippen LogP contribution in [0.15, 0.2) is 30.3 Å². The predicted octanol–water partition coefficient (Wildman–Crippen LogP) is 3.30. The Kier molecular flexibility index (Phi) is 7.96. The fraction of sp³-hybridized carbons (Fsp3) is 0.579. The summed E-state index contributed by atoms with van der Waals surface area (Å²) in [5.74, 6) is -0.190. The molecular formula is C19H29NO3. The van der Waals surface area contributed by atoms with Gasteiger partial charge in [0.2, 0.25) is 0 Å². The van der Waals surface area contributed by atoms with E-state index in [4.69, 9.17) is 4.74 Å². The van der Waals surface area contributed by atoms with Gasteiger partial charge in [-0.15, -0.1) is 0 Å². The van der Waals surface area contributed by atoms with Crippen molar-refractivity contribution >= 4 is 11.8 Å². The lowest BCUT2D eigenvalue weighted by Crippen LogP contribution is -2.38. The summed E-state index contributed by atoms with van der Waals surface area (Å²) in [6.45, 7) is 6.21. The van der Waals surface area contributed by atoms with Gasteiger partial charge >= 0.3 is 5.97 Å². The molecule has 0 aliphatic carbocycles. The molecule has 2 atom stereocenters. The minimum atomic E-state index is -0.416. The van der Waals surface area contributed by atoms with Crippen LogP contribution >= 0.6 is 0 Å². The highest BCUT2D eigenvalue weighted by Gasteiger charge is 2.26. The van der Waals surface area contributed by atoms with Crippen molar-refractivity contribution in [2.75, 3.05) is 14.1 Å². The Bertz CT molecular complexity index is 497. The molecule has 0 aromatic heterocycles. The molecule has 0 amide bonds. The van der Waals surface area contributed by atoms with Crippen molar-refractivity contribution in [3.05, 3.63) is 35.9 Å². The van der Waals surface area contributed by atoms with Gasteiger partial charge < -0.3 is 4.74 Å². The first-order valence-electron chi connectivity index (χ1n) is 8.21. The minimum absolute atomic E-state index is 0.105. The Hall–Kier alpha value is -1.68. The van der Waals surface area contributed by atoms with Crippen molar-refractivity contribution in [2.45, 2.75) is 46.3 Å². The molecule has 0 radical (unpaired) electrons.